The van der Waals surface area contributed by atoms with Gasteiger partial charge in [-0.05, 0) is 11.6 Å². The van der Waals surface area contributed by atoms with Crippen LogP contribution in [0.5, 0.6) is 0 Å². The molecule has 7 aromatic rings. The van der Waals surface area contributed by atoms with Gasteiger partial charge in [-0.2, -0.15) is 0 Å². The van der Waals surface area contributed by atoms with Crippen LogP contribution in [0, 0.1) is 6.07 Å². The minimum atomic E-state index is -4.64. The van der Waals surface area contributed by atoms with Gasteiger partial charge in [-0.1, -0.05) is 24.3 Å². The van der Waals surface area contributed by atoms with Crippen molar-refractivity contribution in [2.75, 3.05) is 0 Å². The molecule has 0 heterocycles. The second kappa shape index (κ2) is 15.0. The number of halogens is 2. The van der Waals surface area contributed by atoms with E-state index >= 15 is 0 Å². The van der Waals surface area contributed by atoms with Gasteiger partial charge in [0.05, 0.1) is 0 Å². The molecular formula is C49H45Cl2NSiZr. The molecule has 1 radical (unpaired) electrons. The predicted octanol–water partition coefficient (Wildman–Crippen LogP) is 12.9. The third-order valence-electron chi connectivity index (χ3n) is 11.6. The van der Waals surface area contributed by atoms with Crippen LogP contribution in [-0.4, -0.2) is 7.37 Å². The molecule has 2 atom stereocenters. The molecular weight excluding hydrogens is 793 g/mol. The minimum absolute atomic E-state index is 0.0958. The van der Waals surface area contributed by atoms with Crippen molar-refractivity contribution >= 4 is 58.1 Å². The predicted molar refractivity (Wildman–Crippen MR) is 236 cm³/mol. The first-order chi connectivity index (χ1) is 26.2. The van der Waals surface area contributed by atoms with E-state index in [1.807, 2.05) is 24.3 Å². The van der Waals surface area contributed by atoms with Gasteiger partial charge >= 0.3 is 285 Å². The minimum Gasteiger partial charge on any atom is -0.326 e. The molecule has 1 nitrogen and oxygen atoms in total. The number of allylic oxidation sites excluding steroid dienone is 2. The topological polar surface area (TPSA) is 26.0 Å². The van der Waals surface area contributed by atoms with Crippen molar-refractivity contribution in [3.63, 3.8) is 0 Å². The standard InChI is InChI=1S/2C21H17.C7H8N.2ClH.H3Si.Zr/c2*1-2-15-13-17-9-6-12-20(21(17)14-15)19-11-5-8-16-7-3-4-10-18(16)19;8-6-7-4-2-1-3-5-7;;;;/h2*3-14H,2H2,1H3;2-5H,6,8H2;2*1H;1H3;/q;;;;;;+2/p-2. The molecule has 0 amide bonds. The first-order valence-corrected chi connectivity index (χ1v) is 36.6. The third-order valence-corrected chi connectivity index (χ3v) is 33.6. The molecule has 0 spiro atoms. The molecule has 0 saturated carbocycles. The monoisotopic (exact) mass is 835 g/mol. The molecule has 7 aromatic carbocycles. The van der Waals surface area contributed by atoms with Crippen LogP contribution in [0.2, 0.25) is 0 Å². The molecule has 268 valence electrons. The summed E-state index contributed by atoms with van der Waals surface area (Å²) < 4.78 is 0.192. The maximum absolute atomic E-state index is 8.35. The Hall–Kier alpha value is -3.82. The summed E-state index contributed by atoms with van der Waals surface area (Å²) in [5.74, 6) is 0. The van der Waals surface area contributed by atoms with Gasteiger partial charge in [0, 0.05) is 6.54 Å². The van der Waals surface area contributed by atoms with E-state index in [1.165, 1.54) is 77.2 Å². The largest absolute Gasteiger partial charge is 0.326 e. The van der Waals surface area contributed by atoms with Gasteiger partial charge in [-0.15, -0.1) is 0 Å². The smallest absolute Gasteiger partial charge is 0.0178 e. The number of hydrogen-bond donors (Lipinski definition) is 1. The van der Waals surface area contributed by atoms with Gasteiger partial charge in [0.2, 0.25) is 0 Å². The fourth-order valence-electron chi connectivity index (χ4n) is 9.25. The van der Waals surface area contributed by atoms with Crippen molar-refractivity contribution in [3.8, 4) is 22.3 Å². The van der Waals surface area contributed by atoms with E-state index in [-0.39, 0.29) is 7.25 Å². The Morgan fingerprint density at radius 3 is 1.39 bits per heavy atom. The van der Waals surface area contributed by atoms with Gasteiger partial charge in [0.15, 0.2) is 0 Å². The summed E-state index contributed by atoms with van der Waals surface area (Å²) >= 11 is -4.64. The second-order valence-electron chi connectivity index (χ2n) is 14.9. The molecule has 2 aliphatic carbocycles. The summed E-state index contributed by atoms with van der Waals surface area (Å²) in [7, 11) is 17.5. The SMILES string of the molecule is CCC1=Cc2c(-c3cccc4ccccc34)cccc2[CH]1[Zr]([SiH3])([Cl])([Cl])[CH]1C(CC)=Cc2c(-c3cccc4ccccc34)cccc21.NCc1cc[c]cc1. The number of benzene rings is 7. The van der Waals surface area contributed by atoms with E-state index in [0.29, 0.717) is 6.54 Å². The normalized spacial score (nSPS) is 16.9. The zero-order valence-corrected chi connectivity index (χ0v) is 37.1. The van der Waals surface area contributed by atoms with Crippen LogP contribution in [-0.2, 0) is 22.1 Å². The molecule has 2 unspecified atom stereocenters. The van der Waals surface area contributed by atoms with E-state index < -0.39 is 15.6 Å². The van der Waals surface area contributed by atoms with Gasteiger partial charge < -0.3 is 5.73 Å². The maximum Gasteiger partial charge on any atom is 0.0178 e. The molecule has 2 aliphatic rings. The summed E-state index contributed by atoms with van der Waals surface area (Å²) in [4.78, 5) is 0. The second-order valence-corrected chi connectivity index (χ2v) is 59.0. The van der Waals surface area contributed by atoms with Crippen LogP contribution in [0.25, 0.3) is 56.0 Å². The zero-order valence-electron chi connectivity index (χ0n) is 31.1. The quantitative estimate of drug-likeness (QED) is 0.159. The number of fused-ring (bicyclic) bond motifs is 4. The average molecular weight is 838 g/mol. The van der Waals surface area contributed by atoms with E-state index in [9.17, 15) is 0 Å². The van der Waals surface area contributed by atoms with Crippen molar-refractivity contribution < 1.29 is 15.6 Å². The molecule has 0 aliphatic heterocycles. The van der Waals surface area contributed by atoms with E-state index in [1.54, 1.807) is 0 Å². The van der Waals surface area contributed by atoms with E-state index in [4.69, 9.17) is 22.8 Å². The summed E-state index contributed by atoms with van der Waals surface area (Å²) in [6.45, 7) is 5.18. The summed E-state index contributed by atoms with van der Waals surface area (Å²) in [6, 6.07) is 54.9. The van der Waals surface area contributed by atoms with Gasteiger partial charge in [-0.3, -0.25) is 0 Å². The van der Waals surface area contributed by atoms with Crippen LogP contribution in [0.4, 0.5) is 0 Å². The molecule has 5 heteroatoms. The van der Waals surface area contributed by atoms with Crippen molar-refractivity contribution in [1.29, 1.82) is 0 Å². The molecule has 2 N–H and O–H groups in total. The number of nitrogens with two attached hydrogens (primary N) is 1. The number of rotatable bonds is 7. The van der Waals surface area contributed by atoms with Crippen LogP contribution in [0.15, 0.2) is 157 Å². The fraction of sp³-hybridized carbons (Fsp3) is 0.143. The first kappa shape index (κ1) is 37.1. The summed E-state index contributed by atoms with van der Waals surface area (Å²) in [5, 5.41) is 5.08. The van der Waals surface area contributed by atoms with E-state index in [0.717, 1.165) is 25.8 Å². The first-order valence-electron chi connectivity index (χ1n) is 19.1. The maximum atomic E-state index is 8.35. The number of hydrogen-bond acceptors (Lipinski definition) is 1. The molecule has 0 fully saturated rings. The fourth-order valence-corrected chi connectivity index (χ4v) is 34.7. The van der Waals surface area contributed by atoms with Crippen LogP contribution >= 0.6 is 17.0 Å². The Labute approximate surface area is 330 Å². The Bertz CT molecular complexity index is 2420. The van der Waals surface area contributed by atoms with Gasteiger partial charge in [-0.25, -0.2) is 0 Å². The molecule has 0 bridgehead atoms. The van der Waals surface area contributed by atoms with Gasteiger partial charge in [0.1, 0.15) is 0 Å². The zero-order chi connectivity index (χ0) is 37.5. The summed E-state index contributed by atoms with van der Waals surface area (Å²) in [5.41, 5.74) is 19.7. The summed E-state index contributed by atoms with van der Waals surface area (Å²) in [6.07, 6.45) is 6.79. The molecule has 0 saturated heterocycles. The van der Waals surface area contributed by atoms with Crippen LogP contribution in [0.1, 0.15) is 61.8 Å². The Morgan fingerprint density at radius 1 is 0.556 bits per heavy atom. The molecule has 9 rings (SSSR count). The third kappa shape index (κ3) is 6.53. The van der Waals surface area contributed by atoms with Crippen molar-refractivity contribution in [2.24, 2.45) is 5.73 Å². The van der Waals surface area contributed by atoms with Crippen molar-refractivity contribution in [1.82, 2.24) is 0 Å². The van der Waals surface area contributed by atoms with Crippen molar-refractivity contribution in [3.05, 3.63) is 191 Å². The molecule has 0 aromatic heterocycles. The average Bonchev–Trinajstić information content (AvgIpc) is 3.81. The van der Waals surface area contributed by atoms with Gasteiger partial charge in [0.25, 0.3) is 0 Å². The van der Waals surface area contributed by atoms with Crippen molar-refractivity contribution in [2.45, 2.75) is 40.5 Å². The van der Waals surface area contributed by atoms with Crippen LogP contribution < -0.4 is 5.73 Å². The molecule has 54 heavy (non-hydrogen) atoms. The Kier molecular flexibility index (Phi) is 10.3. The Balaban J connectivity index is 0.000000461. The Morgan fingerprint density at radius 2 is 0.963 bits per heavy atom. The van der Waals surface area contributed by atoms with Crippen LogP contribution in [0.3, 0.4) is 0 Å². The van der Waals surface area contributed by atoms with E-state index in [2.05, 4.69) is 153 Å².